The van der Waals surface area contributed by atoms with Gasteiger partial charge in [-0.05, 0) is 31.5 Å². The van der Waals surface area contributed by atoms with Crippen molar-refractivity contribution in [2.45, 2.75) is 19.9 Å². The highest BCUT2D eigenvalue weighted by molar-refractivity contribution is 5.49. The van der Waals surface area contributed by atoms with Crippen molar-refractivity contribution in [2.24, 2.45) is 0 Å². The number of nitrogens with zero attached hydrogens (tertiary/aromatic N) is 1. The second kappa shape index (κ2) is 4.01. The molecule has 2 heteroatoms. The Morgan fingerprint density at radius 1 is 1.43 bits per heavy atom. The molecular formula is C12H19N2+. The zero-order chi connectivity index (χ0) is 9.97. The van der Waals surface area contributed by atoms with Crippen molar-refractivity contribution in [1.82, 2.24) is 0 Å². The van der Waals surface area contributed by atoms with Gasteiger partial charge in [0.05, 0.1) is 25.7 Å². The van der Waals surface area contributed by atoms with Crippen molar-refractivity contribution in [3.05, 3.63) is 29.8 Å². The monoisotopic (exact) mass is 191 g/mol. The number of aryl methyl sites for hydroxylation is 1. The molecule has 76 valence electrons. The van der Waals surface area contributed by atoms with E-state index in [4.69, 9.17) is 0 Å². The van der Waals surface area contributed by atoms with Crippen LogP contribution >= 0.6 is 0 Å². The maximum absolute atomic E-state index is 2.51. The second-order valence-corrected chi connectivity index (χ2v) is 4.19. The topological polar surface area (TPSA) is 19.9 Å². The first-order valence-electron chi connectivity index (χ1n) is 5.42. The number of piperazine rings is 1. The Balaban J connectivity index is 2.20. The van der Waals surface area contributed by atoms with E-state index in [9.17, 15) is 0 Å². The van der Waals surface area contributed by atoms with Gasteiger partial charge in [-0.3, -0.25) is 0 Å². The Kier molecular flexibility index (Phi) is 2.73. The lowest BCUT2D eigenvalue weighted by Gasteiger charge is -2.33. The largest absolute Gasteiger partial charge is 0.358 e. The minimum absolute atomic E-state index is 0.658. The van der Waals surface area contributed by atoms with Crippen LogP contribution in [-0.4, -0.2) is 25.7 Å². The van der Waals surface area contributed by atoms with Crippen LogP contribution in [0.2, 0.25) is 0 Å². The van der Waals surface area contributed by atoms with E-state index in [1.54, 1.807) is 0 Å². The van der Waals surface area contributed by atoms with Crippen LogP contribution in [0.25, 0.3) is 0 Å². The zero-order valence-corrected chi connectivity index (χ0v) is 9.03. The minimum Gasteiger partial charge on any atom is -0.358 e. The normalized spacial score (nSPS) is 22.4. The summed E-state index contributed by atoms with van der Waals surface area (Å²) in [6, 6.07) is 9.46. The number of rotatable bonds is 1. The van der Waals surface area contributed by atoms with Gasteiger partial charge in [-0.2, -0.15) is 0 Å². The summed E-state index contributed by atoms with van der Waals surface area (Å²) in [7, 11) is 0. The lowest BCUT2D eigenvalue weighted by Crippen LogP contribution is -2.91. The number of hydrogen-bond donors (Lipinski definition) is 1. The van der Waals surface area contributed by atoms with Crippen LogP contribution in [0.4, 0.5) is 5.69 Å². The first kappa shape index (κ1) is 9.53. The SMILES string of the molecule is Cc1cccc(N2CC[NH2+]CC2C)c1. The van der Waals surface area contributed by atoms with Gasteiger partial charge in [0.1, 0.15) is 0 Å². The van der Waals surface area contributed by atoms with E-state index in [0.29, 0.717) is 6.04 Å². The summed E-state index contributed by atoms with van der Waals surface area (Å²) in [5, 5.41) is 2.40. The summed E-state index contributed by atoms with van der Waals surface area (Å²) >= 11 is 0. The molecule has 14 heavy (non-hydrogen) atoms. The van der Waals surface area contributed by atoms with Gasteiger partial charge in [0.2, 0.25) is 0 Å². The van der Waals surface area contributed by atoms with Gasteiger partial charge in [-0.25, -0.2) is 0 Å². The van der Waals surface area contributed by atoms with Gasteiger partial charge in [-0.1, -0.05) is 12.1 Å². The van der Waals surface area contributed by atoms with Crippen LogP contribution in [0.15, 0.2) is 24.3 Å². The van der Waals surface area contributed by atoms with Crippen molar-refractivity contribution in [1.29, 1.82) is 0 Å². The standard InChI is InChI=1S/C12H18N2/c1-10-4-3-5-12(8-10)14-7-6-13-9-11(14)2/h3-5,8,11,13H,6-7,9H2,1-2H3/p+1. The number of anilines is 1. The fraction of sp³-hybridized carbons (Fsp3) is 0.500. The van der Waals surface area contributed by atoms with Crippen LogP contribution in [-0.2, 0) is 0 Å². The smallest absolute Gasteiger partial charge is 0.0959 e. The number of hydrogen-bond acceptors (Lipinski definition) is 1. The van der Waals surface area contributed by atoms with Crippen molar-refractivity contribution in [2.75, 3.05) is 24.5 Å². The van der Waals surface area contributed by atoms with E-state index in [2.05, 4.69) is 48.3 Å². The molecule has 1 aromatic carbocycles. The van der Waals surface area contributed by atoms with Crippen LogP contribution in [0.3, 0.4) is 0 Å². The zero-order valence-electron chi connectivity index (χ0n) is 9.03. The molecule has 1 heterocycles. The maximum Gasteiger partial charge on any atom is 0.0959 e. The summed E-state index contributed by atoms with van der Waals surface area (Å²) in [4.78, 5) is 2.51. The first-order chi connectivity index (χ1) is 6.77. The molecule has 1 aliphatic rings. The molecule has 0 radical (unpaired) electrons. The molecule has 1 saturated heterocycles. The van der Waals surface area contributed by atoms with Crippen molar-refractivity contribution < 1.29 is 5.32 Å². The Morgan fingerprint density at radius 3 is 3.00 bits per heavy atom. The van der Waals surface area contributed by atoms with Crippen LogP contribution in [0.1, 0.15) is 12.5 Å². The lowest BCUT2D eigenvalue weighted by molar-refractivity contribution is -0.659. The number of nitrogens with two attached hydrogens (primary N) is 1. The van der Waals surface area contributed by atoms with E-state index in [0.717, 1.165) is 0 Å². The Morgan fingerprint density at radius 2 is 2.29 bits per heavy atom. The summed E-state index contributed by atoms with van der Waals surface area (Å²) in [6.07, 6.45) is 0. The Bertz CT molecular complexity index is 309. The molecule has 0 aromatic heterocycles. The highest BCUT2D eigenvalue weighted by atomic mass is 15.2. The average molecular weight is 191 g/mol. The minimum atomic E-state index is 0.658. The van der Waals surface area contributed by atoms with E-state index in [-0.39, 0.29) is 0 Å². The summed E-state index contributed by atoms with van der Waals surface area (Å²) in [6.45, 7) is 8.07. The van der Waals surface area contributed by atoms with Gasteiger partial charge in [0.15, 0.2) is 0 Å². The third-order valence-corrected chi connectivity index (χ3v) is 2.95. The molecule has 0 amide bonds. The van der Waals surface area contributed by atoms with Crippen molar-refractivity contribution >= 4 is 5.69 Å². The van der Waals surface area contributed by atoms with Gasteiger partial charge in [-0.15, -0.1) is 0 Å². The lowest BCUT2D eigenvalue weighted by atomic mass is 10.1. The third kappa shape index (κ3) is 1.90. The highest BCUT2D eigenvalue weighted by Gasteiger charge is 2.20. The molecule has 2 N–H and O–H groups in total. The summed E-state index contributed by atoms with van der Waals surface area (Å²) in [5.74, 6) is 0. The molecule has 0 aliphatic carbocycles. The molecule has 1 aromatic rings. The van der Waals surface area contributed by atoms with Gasteiger partial charge in [0.25, 0.3) is 0 Å². The fourth-order valence-corrected chi connectivity index (χ4v) is 2.13. The number of benzene rings is 1. The molecule has 1 fully saturated rings. The van der Waals surface area contributed by atoms with Gasteiger partial charge >= 0.3 is 0 Å². The molecule has 0 spiro atoms. The predicted octanol–water partition coefficient (Wildman–Crippen LogP) is 0.767. The third-order valence-electron chi connectivity index (χ3n) is 2.95. The van der Waals surface area contributed by atoms with Crippen LogP contribution in [0.5, 0.6) is 0 Å². The van der Waals surface area contributed by atoms with Crippen LogP contribution < -0.4 is 10.2 Å². The first-order valence-corrected chi connectivity index (χ1v) is 5.42. The van der Waals surface area contributed by atoms with Gasteiger partial charge in [0, 0.05) is 5.69 Å². The molecule has 2 nitrogen and oxygen atoms in total. The fourth-order valence-electron chi connectivity index (χ4n) is 2.13. The molecular weight excluding hydrogens is 172 g/mol. The highest BCUT2D eigenvalue weighted by Crippen LogP contribution is 2.18. The molecule has 0 bridgehead atoms. The van der Waals surface area contributed by atoms with Crippen molar-refractivity contribution in [3.63, 3.8) is 0 Å². The number of quaternary nitrogens is 1. The molecule has 1 atom stereocenters. The second-order valence-electron chi connectivity index (χ2n) is 4.19. The summed E-state index contributed by atoms with van der Waals surface area (Å²) < 4.78 is 0. The molecule has 1 unspecified atom stereocenters. The average Bonchev–Trinajstić information content (AvgIpc) is 2.18. The quantitative estimate of drug-likeness (QED) is 0.695. The maximum atomic E-state index is 2.51. The predicted molar refractivity (Wildman–Crippen MR) is 59.6 cm³/mol. The van der Waals surface area contributed by atoms with Gasteiger partial charge < -0.3 is 10.2 Å². The molecule has 0 saturated carbocycles. The van der Waals surface area contributed by atoms with Crippen LogP contribution in [0, 0.1) is 6.92 Å². The summed E-state index contributed by atoms with van der Waals surface area (Å²) in [5.41, 5.74) is 2.73. The van der Waals surface area contributed by atoms with E-state index in [1.807, 2.05) is 0 Å². The Hall–Kier alpha value is -1.02. The van der Waals surface area contributed by atoms with E-state index >= 15 is 0 Å². The van der Waals surface area contributed by atoms with Crippen molar-refractivity contribution in [3.8, 4) is 0 Å². The Labute approximate surface area is 85.9 Å². The van der Waals surface area contributed by atoms with E-state index < -0.39 is 0 Å². The van der Waals surface area contributed by atoms with E-state index in [1.165, 1.54) is 30.9 Å². The molecule has 1 aliphatic heterocycles. The molecule has 2 rings (SSSR count).